The molecule has 0 aliphatic heterocycles. The lowest BCUT2D eigenvalue weighted by atomic mass is 9.96. The van der Waals surface area contributed by atoms with E-state index in [1.807, 2.05) is 26.1 Å². The van der Waals surface area contributed by atoms with Gasteiger partial charge in [0.15, 0.2) is 0 Å². The van der Waals surface area contributed by atoms with Crippen molar-refractivity contribution in [1.82, 2.24) is 10.3 Å². The van der Waals surface area contributed by atoms with E-state index in [0.29, 0.717) is 12.3 Å². The van der Waals surface area contributed by atoms with Crippen LogP contribution >= 0.6 is 0 Å². The molecule has 4 heteroatoms. The molecule has 0 aliphatic rings. The molecule has 0 fully saturated rings. The molecular formula is C16H19FN2O. The van der Waals surface area contributed by atoms with Gasteiger partial charge in [-0.2, -0.15) is 0 Å². The Kier molecular flexibility index (Phi) is 4.69. The number of hydrogen-bond donors (Lipinski definition) is 1. The van der Waals surface area contributed by atoms with Crippen molar-refractivity contribution in [1.29, 1.82) is 0 Å². The van der Waals surface area contributed by atoms with E-state index in [-0.39, 0.29) is 11.9 Å². The number of ether oxygens (including phenoxy) is 1. The van der Waals surface area contributed by atoms with Crippen LogP contribution in [-0.4, -0.2) is 19.1 Å². The minimum absolute atomic E-state index is 0.0270. The second-order valence-electron chi connectivity index (χ2n) is 4.72. The number of nitrogens with one attached hydrogen (secondary N) is 1. The Bertz CT molecular complexity index is 586. The van der Waals surface area contributed by atoms with Crippen molar-refractivity contribution in [3.63, 3.8) is 0 Å². The number of nitrogens with zero attached hydrogens (tertiary/aromatic N) is 1. The van der Waals surface area contributed by atoms with E-state index in [0.717, 1.165) is 16.7 Å². The van der Waals surface area contributed by atoms with E-state index >= 15 is 0 Å². The summed E-state index contributed by atoms with van der Waals surface area (Å²) in [6.07, 6.45) is 2.38. The van der Waals surface area contributed by atoms with Crippen molar-refractivity contribution in [3.05, 3.63) is 59.0 Å². The number of halogens is 1. The van der Waals surface area contributed by atoms with Crippen LogP contribution in [0.4, 0.5) is 4.39 Å². The zero-order valence-corrected chi connectivity index (χ0v) is 12.0. The number of aromatic nitrogens is 1. The zero-order chi connectivity index (χ0) is 14.5. The highest BCUT2D eigenvalue weighted by Crippen LogP contribution is 2.26. The molecule has 0 saturated carbocycles. The molecule has 1 N–H and O–H groups in total. The second kappa shape index (κ2) is 6.48. The van der Waals surface area contributed by atoms with Crippen LogP contribution in [0.25, 0.3) is 0 Å². The van der Waals surface area contributed by atoms with Crippen molar-refractivity contribution in [2.75, 3.05) is 14.2 Å². The highest BCUT2D eigenvalue weighted by atomic mass is 19.1. The van der Waals surface area contributed by atoms with Crippen LogP contribution in [-0.2, 0) is 6.42 Å². The summed E-state index contributed by atoms with van der Waals surface area (Å²) >= 11 is 0. The molecule has 0 bridgehead atoms. The average molecular weight is 274 g/mol. The van der Waals surface area contributed by atoms with Crippen LogP contribution < -0.4 is 10.1 Å². The summed E-state index contributed by atoms with van der Waals surface area (Å²) in [5.41, 5.74) is 3.03. The predicted molar refractivity (Wildman–Crippen MR) is 77.4 cm³/mol. The zero-order valence-electron chi connectivity index (χ0n) is 12.0. The topological polar surface area (TPSA) is 34.2 Å². The SMILES string of the molecule is CNC(Cc1cc(F)ccc1C)c1cccnc1OC. The third-order valence-electron chi connectivity index (χ3n) is 3.45. The summed E-state index contributed by atoms with van der Waals surface area (Å²) in [7, 11) is 3.48. The average Bonchev–Trinajstić information content (AvgIpc) is 2.48. The molecule has 1 aromatic heterocycles. The summed E-state index contributed by atoms with van der Waals surface area (Å²) < 4.78 is 18.7. The van der Waals surface area contributed by atoms with Gasteiger partial charge in [0.25, 0.3) is 0 Å². The Hall–Kier alpha value is -1.94. The molecular weight excluding hydrogens is 255 g/mol. The van der Waals surface area contributed by atoms with Gasteiger partial charge in [0, 0.05) is 17.8 Å². The van der Waals surface area contributed by atoms with Gasteiger partial charge in [0.1, 0.15) is 5.82 Å². The van der Waals surface area contributed by atoms with Gasteiger partial charge in [-0.25, -0.2) is 9.37 Å². The number of hydrogen-bond acceptors (Lipinski definition) is 3. The molecule has 1 unspecified atom stereocenters. The number of rotatable bonds is 5. The molecule has 106 valence electrons. The first-order valence-electron chi connectivity index (χ1n) is 6.57. The molecule has 0 radical (unpaired) electrons. The number of aryl methyl sites for hydroxylation is 1. The monoisotopic (exact) mass is 274 g/mol. The second-order valence-corrected chi connectivity index (χ2v) is 4.72. The Morgan fingerprint density at radius 1 is 1.35 bits per heavy atom. The van der Waals surface area contributed by atoms with Gasteiger partial charge in [0.05, 0.1) is 7.11 Å². The molecule has 1 heterocycles. The smallest absolute Gasteiger partial charge is 0.217 e. The van der Waals surface area contributed by atoms with E-state index in [9.17, 15) is 4.39 Å². The van der Waals surface area contributed by atoms with Crippen LogP contribution in [0, 0.1) is 12.7 Å². The standard InChI is InChI=1S/C16H19FN2O/c1-11-6-7-13(17)9-12(11)10-15(18-2)14-5-4-8-19-16(14)20-3/h4-9,15,18H,10H2,1-3H3. The molecule has 0 spiro atoms. The number of benzene rings is 1. The molecule has 2 aromatic rings. The lowest BCUT2D eigenvalue weighted by Gasteiger charge is -2.19. The number of methoxy groups -OCH3 is 1. The van der Waals surface area contributed by atoms with Gasteiger partial charge in [-0.05, 0) is 49.7 Å². The normalized spacial score (nSPS) is 12.2. The largest absolute Gasteiger partial charge is 0.481 e. The van der Waals surface area contributed by atoms with E-state index in [1.165, 1.54) is 6.07 Å². The van der Waals surface area contributed by atoms with Crippen LogP contribution in [0.1, 0.15) is 22.7 Å². The minimum atomic E-state index is -0.210. The fourth-order valence-corrected chi connectivity index (χ4v) is 2.29. The van der Waals surface area contributed by atoms with E-state index in [4.69, 9.17) is 4.74 Å². The molecule has 1 atom stereocenters. The summed E-state index contributed by atoms with van der Waals surface area (Å²) in [5, 5.41) is 3.25. The van der Waals surface area contributed by atoms with Gasteiger partial charge in [-0.3, -0.25) is 0 Å². The van der Waals surface area contributed by atoms with Crippen LogP contribution in [0.15, 0.2) is 36.5 Å². The molecule has 0 amide bonds. The van der Waals surface area contributed by atoms with Crippen molar-refractivity contribution < 1.29 is 9.13 Å². The summed E-state index contributed by atoms with van der Waals surface area (Å²) in [4.78, 5) is 4.21. The van der Waals surface area contributed by atoms with Gasteiger partial charge >= 0.3 is 0 Å². The van der Waals surface area contributed by atoms with E-state index in [1.54, 1.807) is 25.4 Å². The maximum Gasteiger partial charge on any atom is 0.217 e. The highest BCUT2D eigenvalue weighted by molar-refractivity contribution is 5.33. The Morgan fingerprint density at radius 3 is 2.85 bits per heavy atom. The fraction of sp³-hybridized carbons (Fsp3) is 0.312. The Balaban J connectivity index is 2.31. The molecule has 2 rings (SSSR count). The van der Waals surface area contributed by atoms with Crippen LogP contribution in [0.3, 0.4) is 0 Å². The molecule has 1 aromatic carbocycles. The fourth-order valence-electron chi connectivity index (χ4n) is 2.29. The van der Waals surface area contributed by atoms with Crippen LogP contribution in [0.5, 0.6) is 5.88 Å². The van der Waals surface area contributed by atoms with Gasteiger partial charge in [0.2, 0.25) is 5.88 Å². The number of likely N-dealkylation sites (N-methyl/N-ethyl adjacent to an activating group) is 1. The van der Waals surface area contributed by atoms with Gasteiger partial charge < -0.3 is 10.1 Å². The summed E-state index contributed by atoms with van der Waals surface area (Å²) in [5.74, 6) is 0.388. The highest BCUT2D eigenvalue weighted by Gasteiger charge is 2.16. The Morgan fingerprint density at radius 2 is 2.15 bits per heavy atom. The molecule has 20 heavy (non-hydrogen) atoms. The molecule has 3 nitrogen and oxygen atoms in total. The predicted octanol–water partition coefficient (Wildman–Crippen LogP) is 3.04. The van der Waals surface area contributed by atoms with Crippen molar-refractivity contribution in [2.45, 2.75) is 19.4 Å². The summed E-state index contributed by atoms with van der Waals surface area (Å²) in [6, 6.07) is 8.75. The van der Waals surface area contributed by atoms with Crippen molar-refractivity contribution >= 4 is 0 Å². The lowest BCUT2D eigenvalue weighted by Crippen LogP contribution is -2.20. The van der Waals surface area contributed by atoms with E-state index in [2.05, 4.69) is 10.3 Å². The minimum Gasteiger partial charge on any atom is -0.481 e. The molecule has 0 aliphatic carbocycles. The maximum atomic E-state index is 13.4. The molecule has 0 saturated heterocycles. The van der Waals surface area contributed by atoms with E-state index < -0.39 is 0 Å². The Labute approximate surface area is 118 Å². The van der Waals surface area contributed by atoms with Gasteiger partial charge in [-0.15, -0.1) is 0 Å². The van der Waals surface area contributed by atoms with Crippen LogP contribution in [0.2, 0.25) is 0 Å². The first-order valence-corrected chi connectivity index (χ1v) is 6.57. The lowest BCUT2D eigenvalue weighted by molar-refractivity contribution is 0.384. The number of pyridine rings is 1. The first-order chi connectivity index (χ1) is 9.65. The maximum absolute atomic E-state index is 13.4. The summed E-state index contributed by atoms with van der Waals surface area (Å²) in [6.45, 7) is 1.99. The third kappa shape index (κ3) is 3.14. The van der Waals surface area contributed by atoms with Crippen molar-refractivity contribution in [3.8, 4) is 5.88 Å². The quantitative estimate of drug-likeness (QED) is 0.910. The van der Waals surface area contributed by atoms with Gasteiger partial charge in [-0.1, -0.05) is 12.1 Å². The first kappa shape index (κ1) is 14.5. The third-order valence-corrected chi connectivity index (χ3v) is 3.45. The van der Waals surface area contributed by atoms with Crippen molar-refractivity contribution in [2.24, 2.45) is 0 Å².